The molecule has 2 aromatic rings. The second-order valence-electron chi connectivity index (χ2n) is 6.55. The first kappa shape index (κ1) is 19.3. The number of amides is 1. The highest BCUT2D eigenvalue weighted by atomic mass is 32.1. The molecule has 144 valence electrons. The Kier molecular flexibility index (Phi) is 6.08. The molecule has 1 aliphatic heterocycles. The second kappa shape index (κ2) is 8.49. The number of aromatic nitrogens is 1. The predicted octanol–water partition coefficient (Wildman–Crippen LogP) is 2.91. The van der Waals surface area contributed by atoms with Crippen LogP contribution in [0.25, 0.3) is 10.6 Å². The van der Waals surface area contributed by atoms with Crippen molar-refractivity contribution in [2.75, 3.05) is 19.8 Å². The van der Waals surface area contributed by atoms with E-state index < -0.39 is 12.0 Å². The number of nitrogens with zero attached hydrogens (tertiary/aromatic N) is 2. The van der Waals surface area contributed by atoms with Crippen LogP contribution in [0.1, 0.15) is 30.8 Å². The lowest BCUT2D eigenvalue weighted by Gasteiger charge is -2.34. The van der Waals surface area contributed by atoms with Crippen molar-refractivity contribution in [3.05, 3.63) is 35.3 Å². The fourth-order valence-corrected chi connectivity index (χ4v) is 3.69. The van der Waals surface area contributed by atoms with E-state index in [0.717, 1.165) is 16.3 Å². The maximum absolute atomic E-state index is 12.8. The van der Waals surface area contributed by atoms with Gasteiger partial charge >= 0.3 is 5.97 Å². The highest BCUT2D eigenvalue weighted by molar-refractivity contribution is 7.13. The van der Waals surface area contributed by atoms with E-state index >= 15 is 0 Å². The van der Waals surface area contributed by atoms with Crippen molar-refractivity contribution in [1.29, 1.82) is 0 Å². The van der Waals surface area contributed by atoms with Crippen molar-refractivity contribution >= 4 is 23.2 Å². The van der Waals surface area contributed by atoms with Crippen LogP contribution >= 0.6 is 11.3 Å². The molecule has 0 saturated carbocycles. The molecule has 1 fully saturated rings. The molecule has 0 bridgehead atoms. The van der Waals surface area contributed by atoms with Gasteiger partial charge in [-0.15, -0.1) is 11.3 Å². The topological polar surface area (TPSA) is 89.0 Å². The van der Waals surface area contributed by atoms with Crippen molar-refractivity contribution in [2.24, 2.45) is 0 Å². The van der Waals surface area contributed by atoms with Gasteiger partial charge < -0.3 is 19.5 Å². The molecular formula is C19H22N2O5S. The molecular weight excluding hydrogens is 368 g/mol. The van der Waals surface area contributed by atoms with E-state index in [0.29, 0.717) is 18.8 Å². The van der Waals surface area contributed by atoms with E-state index in [1.807, 2.05) is 38.1 Å². The first-order valence-corrected chi connectivity index (χ1v) is 9.65. The molecule has 1 N–H and O–H groups in total. The molecule has 8 heteroatoms. The average Bonchev–Trinajstić information content (AvgIpc) is 3.11. The summed E-state index contributed by atoms with van der Waals surface area (Å²) >= 11 is 1.38. The van der Waals surface area contributed by atoms with Gasteiger partial charge in [-0.2, -0.15) is 0 Å². The third-order valence-corrected chi connectivity index (χ3v) is 4.99. The molecule has 1 amide bonds. The highest BCUT2D eigenvalue weighted by Gasteiger charge is 2.31. The number of ether oxygens (including phenoxy) is 2. The zero-order valence-electron chi connectivity index (χ0n) is 15.3. The molecule has 1 unspecified atom stereocenters. The molecule has 0 radical (unpaired) electrons. The van der Waals surface area contributed by atoms with E-state index in [4.69, 9.17) is 14.6 Å². The van der Waals surface area contributed by atoms with Gasteiger partial charge in [-0.05, 0) is 38.1 Å². The van der Waals surface area contributed by atoms with Crippen molar-refractivity contribution in [3.8, 4) is 16.3 Å². The number of carboxylic acids is 1. The summed E-state index contributed by atoms with van der Waals surface area (Å²) in [5.74, 6) is -0.427. The van der Waals surface area contributed by atoms with Gasteiger partial charge in [0.2, 0.25) is 0 Å². The van der Waals surface area contributed by atoms with E-state index in [-0.39, 0.29) is 25.0 Å². The Morgan fingerprint density at radius 3 is 2.78 bits per heavy atom. The summed E-state index contributed by atoms with van der Waals surface area (Å²) in [6, 6.07) is 7.10. The Balaban J connectivity index is 1.74. The van der Waals surface area contributed by atoms with Gasteiger partial charge in [0.1, 0.15) is 16.5 Å². The van der Waals surface area contributed by atoms with E-state index in [1.54, 1.807) is 10.3 Å². The Morgan fingerprint density at radius 1 is 1.37 bits per heavy atom. The van der Waals surface area contributed by atoms with E-state index in [2.05, 4.69) is 4.98 Å². The average molecular weight is 390 g/mol. The van der Waals surface area contributed by atoms with Crippen molar-refractivity contribution < 1.29 is 24.2 Å². The van der Waals surface area contributed by atoms with Crippen LogP contribution in [0.3, 0.4) is 0 Å². The van der Waals surface area contributed by atoms with Gasteiger partial charge in [0.25, 0.3) is 5.91 Å². The molecule has 0 spiro atoms. The lowest BCUT2D eigenvalue weighted by molar-refractivity contribution is -0.139. The summed E-state index contributed by atoms with van der Waals surface area (Å²) in [5, 5.41) is 11.5. The summed E-state index contributed by atoms with van der Waals surface area (Å²) in [7, 11) is 0. The normalized spacial score (nSPS) is 17.1. The minimum absolute atomic E-state index is 0.104. The van der Waals surface area contributed by atoms with Crippen molar-refractivity contribution in [1.82, 2.24) is 9.88 Å². The molecule has 2 heterocycles. The minimum atomic E-state index is -0.953. The Labute approximate surface area is 161 Å². The van der Waals surface area contributed by atoms with Crippen LogP contribution in [0.5, 0.6) is 5.75 Å². The zero-order valence-corrected chi connectivity index (χ0v) is 16.1. The number of morpholine rings is 1. The third-order valence-electron chi connectivity index (χ3n) is 4.09. The molecule has 0 aliphatic carbocycles. The molecule has 3 rings (SSSR count). The van der Waals surface area contributed by atoms with Crippen LogP contribution in [0.4, 0.5) is 0 Å². The SMILES string of the molecule is CC(C)Oc1ccc(-c2nc(C(=O)N3CCOCC3CC(=O)O)cs2)cc1. The Bertz CT molecular complexity index is 803. The van der Waals surface area contributed by atoms with E-state index in [1.165, 1.54) is 11.3 Å². The number of carbonyl (C=O) groups excluding carboxylic acids is 1. The predicted molar refractivity (Wildman–Crippen MR) is 101 cm³/mol. The maximum Gasteiger partial charge on any atom is 0.305 e. The maximum atomic E-state index is 12.8. The first-order chi connectivity index (χ1) is 12.9. The molecule has 7 nitrogen and oxygen atoms in total. The van der Waals surface area contributed by atoms with Gasteiger partial charge in [0.05, 0.1) is 31.8 Å². The Morgan fingerprint density at radius 2 is 2.11 bits per heavy atom. The lowest BCUT2D eigenvalue weighted by atomic mass is 10.1. The minimum Gasteiger partial charge on any atom is -0.491 e. The van der Waals surface area contributed by atoms with Crippen LogP contribution in [-0.4, -0.2) is 58.8 Å². The summed E-state index contributed by atoms with van der Waals surface area (Å²) in [6.45, 7) is 4.93. The molecule has 1 aromatic heterocycles. The van der Waals surface area contributed by atoms with Crippen LogP contribution in [0.2, 0.25) is 0 Å². The second-order valence-corrected chi connectivity index (χ2v) is 7.41. The molecule has 1 saturated heterocycles. The van der Waals surface area contributed by atoms with Gasteiger partial charge in [0.15, 0.2) is 0 Å². The van der Waals surface area contributed by atoms with Crippen LogP contribution in [-0.2, 0) is 9.53 Å². The zero-order chi connectivity index (χ0) is 19.4. The molecule has 1 atom stereocenters. The van der Waals surface area contributed by atoms with Crippen molar-refractivity contribution in [2.45, 2.75) is 32.4 Å². The summed E-state index contributed by atoms with van der Waals surface area (Å²) in [4.78, 5) is 29.9. The first-order valence-electron chi connectivity index (χ1n) is 8.77. The van der Waals surface area contributed by atoms with E-state index in [9.17, 15) is 9.59 Å². The molecule has 1 aliphatic rings. The fourth-order valence-electron chi connectivity index (χ4n) is 2.89. The number of carbonyl (C=O) groups is 2. The van der Waals surface area contributed by atoms with Crippen LogP contribution < -0.4 is 4.74 Å². The highest BCUT2D eigenvalue weighted by Crippen LogP contribution is 2.27. The van der Waals surface area contributed by atoms with Crippen molar-refractivity contribution in [3.63, 3.8) is 0 Å². The molecule has 27 heavy (non-hydrogen) atoms. The quantitative estimate of drug-likeness (QED) is 0.816. The Hall–Kier alpha value is -2.45. The fraction of sp³-hybridized carbons (Fsp3) is 0.421. The number of rotatable bonds is 6. The number of benzene rings is 1. The molecule has 1 aromatic carbocycles. The number of aliphatic carboxylic acids is 1. The number of thiazole rings is 1. The summed E-state index contributed by atoms with van der Waals surface area (Å²) < 4.78 is 11.0. The van der Waals surface area contributed by atoms with Crippen LogP contribution in [0.15, 0.2) is 29.6 Å². The smallest absolute Gasteiger partial charge is 0.305 e. The number of hydrogen-bond acceptors (Lipinski definition) is 6. The lowest BCUT2D eigenvalue weighted by Crippen LogP contribution is -2.49. The number of carboxylic acid groups (broad SMARTS) is 1. The summed E-state index contributed by atoms with van der Waals surface area (Å²) in [5.41, 5.74) is 1.23. The standard InChI is InChI=1S/C19H22N2O5S/c1-12(2)26-15-5-3-13(4-6-15)18-20-16(11-27-18)19(24)21-7-8-25-10-14(21)9-17(22)23/h3-6,11-12,14H,7-10H2,1-2H3,(H,22,23). The third kappa shape index (κ3) is 4.84. The van der Waals surface area contributed by atoms with Gasteiger partial charge in [0, 0.05) is 17.5 Å². The van der Waals surface area contributed by atoms with Gasteiger partial charge in [-0.3, -0.25) is 9.59 Å². The largest absolute Gasteiger partial charge is 0.491 e. The monoisotopic (exact) mass is 390 g/mol. The summed E-state index contributed by atoms with van der Waals surface area (Å²) in [6.07, 6.45) is -0.0349. The van der Waals surface area contributed by atoms with Gasteiger partial charge in [-0.1, -0.05) is 0 Å². The van der Waals surface area contributed by atoms with Gasteiger partial charge in [-0.25, -0.2) is 4.98 Å². The van der Waals surface area contributed by atoms with Crippen LogP contribution in [0, 0.1) is 0 Å². The number of hydrogen-bond donors (Lipinski definition) is 1.